The van der Waals surface area contributed by atoms with Gasteiger partial charge in [0.25, 0.3) is 0 Å². The number of rotatable bonds is 6. The SMILES string of the molecule is CCN1CCC(COc2ccc(S(N)(=O)=O)cc2[N+](=O)[O-])CC1. The van der Waals surface area contributed by atoms with Crippen LogP contribution in [0.25, 0.3) is 0 Å². The summed E-state index contributed by atoms with van der Waals surface area (Å²) in [5.74, 6) is 0.413. The van der Waals surface area contributed by atoms with Gasteiger partial charge in [-0.05, 0) is 50.5 Å². The highest BCUT2D eigenvalue weighted by molar-refractivity contribution is 7.89. The summed E-state index contributed by atoms with van der Waals surface area (Å²) < 4.78 is 28.2. The van der Waals surface area contributed by atoms with Crippen molar-refractivity contribution >= 4 is 15.7 Å². The second-order valence-electron chi connectivity index (χ2n) is 5.62. The number of benzene rings is 1. The van der Waals surface area contributed by atoms with Crippen molar-refractivity contribution in [3.63, 3.8) is 0 Å². The molecule has 1 heterocycles. The zero-order valence-electron chi connectivity index (χ0n) is 13.0. The molecule has 1 fully saturated rings. The van der Waals surface area contributed by atoms with Gasteiger partial charge < -0.3 is 9.64 Å². The number of ether oxygens (including phenoxy) is 1. The van der Waals surface area contributed by atoms with Crippen molar-refractivity contribution in [3.8, 4) is 5.75 Å². The van der Waals surface area contributed by atoms with Crippen molar-refractivity contribution in [3.05, 3.63) is 28.3 Å². The van der Waals surface area contributed by atoms with E-state index < -0.39 is 14.9 Å². The number of sulfonamides is 1. The molecule has 0 saturated carbocycles. The van der Waals surface area contributed by atoms with Crippen LogP contribution < -0.4 is 9.88 Å². The number of nitro groups is 1. The molecule has 0 unspecified atom stereocenters. The van der Waals surface area contributed by atoms with Crippen LogP contribution in [-0.2, 0) is 10.0 Å². The summed E-state index contributed by atoms with van der Waals surface area (Å²) in [7, 11) is -3.99. The zero-order chi connectivity index (χ0) is 17.0. The number of nitro benzene ring substituents is 1. The molecule has 0 aromatic heterocycles. The third-order valence-corrected chi connectivity index (χ3v) is 5.00. The summed E-state index contributed by atoms with van der Waals surface area (Å²) >= 11 is 0. The van der Waals surface area contributed by atoms with Gasteiger partial charge in [-0.15, -0.1) is 0 Å². The molecule has 0 radical (unpaired) electrons. The van der Waals surface area contributed by atoms with Crippen molar-refractivity contribution < 1.29 is 18.1 Å². The van der Waals surface area contributed by atoms with Gasteiger partial charge in [0.05, 0.1) is 16.4 Å². The van der Waals surface area contributed by atoms with Crippen LogP contribution in [0.15, 0.2) is 23.1 Å². The molecular weight excluding hydrogens is 322 g/mol. The molecule has 1 aliphatic rings. The maximum absolute atomic E-state index is 11.3. The molecule has 1 aliphatic heterocycles. The van der Waals surface area contributed by atoms with Gasteiger partial charge in [0.2, 0.25) is 10.0 Å². The molecule has 1 aromatic rings. The van der Waals surface area contributed by atoms with Crippen LogP contribution in [-0.4, -0.2) is 44.5 Å². The summed E-state index contributed by atoms with van der Waals surface area (Å²) in [4.78, 5) is 12.5. The molecule has 0 bridgehead atoms. The van der Waals surface area contributed by atoms with Crippen LogP contribution in [0.3, 0.4) is 0 Å². The van der Waals surface area contributed by atoms with Gasteiger partial charge in [0.15, 0.2) is 5.75 Å². The highest BCUT2D eigenvalue weighted by Gasteiger charge is 2.23. The standard InChI is InChI=1S/C14H21N3O5S/c1-2-16-7-5-11(6-8-16)10-22-14-4-3-12(23(15,20)21)9-13(14)17(18)19/h3-4,9,11H,2,5-8,10H2,1H3,(H2,15,20,21). The summed E-state index contributed by atoms with van der Waals surface area (Å²) in [6.45, 7) is 5.52. The van der Waals surface area contributed by atoms with Crippen molar-refractivity contribution in [1.29, 1.82) is 0 Å². The molecule has 128 valence electrons. The Morgan fingerprint density at radius 1 is 1.39 bits per heavy atom. The molecule has 0 amide bonds. The minimum atomic E-state index is -3.99. The van der Waals surface area contributed by atoms with Crippen LogP contribution in [0, 0.1) is 16.0 Å². The molecule has 2 N–H and O–H groups in total. The fraction of sp³-hybridized carbons (Fsp3) is 0.571. The minimum Gasteiger partial charge on any atom is -0.487 e. The van der Waals surface area contributed by atoms with Crippen molar-refractivity contribution in [2.24, 2.45) is 11.1 Å². The summed E-state index contributed by atoms with van der Waals surface area (Å²) in [5, 5.41) is 16.1. The maximum atomic E-state index is 11.3. The van der Waals surface area contributed by atoms with E-state index in [1.807, 2.05) is 0 Å². The van der Waals surface area contributed by atoms with Gasteiger partial charge in [-0.3, -0.25) is 10.1 Å². The quantitative estimate of drug-likeness (QED) is 0.616. The van der Waals surface area contributed by atoms with E-state index in [2.05, 4.69) is 11.8 Å². The van der Waals surface area contributed by atoms with E-state index in [1.165, 1.54) is 12.1 Å². The topological polar surface area (TPSA) is 116 Å². The van der Waals surface area contributed by atoms with Crippen LogP contribution in [0.2, 0.25) is 0 Å². The molecule has 2 rings (SSSR count). The zero-order valence-corrected chi connectivity index (χ0v) is 13.8. The number of hydrogen-bond acceptors (Lipinski definition) is 6. The molecule has 1 aromatic carbocycles. The summed E-state index contributed by atoms with van der Waals surface area (Å²) in [6.07, 6.45) is 1.97. The lowest BCUT2D eigenvalue weighted by Crippen LogP contribution is -2.35. The first-order valence-electron chi connectivity index (χ1n) is 7.47. The third kappa shape index (κ3) is 4.63. The molecule has 1 saturated heterocycles. The van der Waals surface area contributed by atoms with Crippen molar-refractivity contribution in [2.75, 3.05) is 26.2 Å². The average molecular weight is 343 g/mol. The van der Waals surface area contributed by atoms with Gasteiger partial charge in [-0.25, -0.2) is 13.6 Å². The van der Waals surface area contributed by atoms with Gasteiger partial charge in [0, 0.05) is 6.07 Å². The van der Waals surface area contributed by atoms with Gasteiger partial charge in [0.1, 0.15) is 0 Å². The highest BCUT2D eigenvalue weighted by atomic mass is 32.2. The molecule has 0 spiro atoms. The van der Waals surface area contributed by atoms with E-state index in [4.69, 9.17) is 9.88 Å². The van der Waals surface area contributed by atoms with E-state index >= 15 is 0 Å². The third-order valence-electron chi connectivity index (χ3n) is 4.08. The van der Waals surface area contributed by atoms with E-state index in [-0.39, 0.29) is 16.3 Å². The van der Waals surface area contributed by atoms with Gasteiger partial charge in [-0.1, -0.05) is 6.92 Å². The number of nitrogens with zero attached hydrogens (tertiary/aromatic N) is 2. The Hall–Kier alpha value is -1.71. The Morgan fingerprint density at radius 3 is 2.57 bits per heavy atom. The Kier molecular flexibility index (Phi) is 5.55. The lowest BCUT2D eigenvalue weighted by Gasteiger charge is -2.30. The summed E-state index contributed by atoms with van der Waals surface area (Å²) in [5.41, 5.74) is -0.387. The molecule has 23 heavy (non-hydrogen) atoms. The second kappa shape index (κ2) is 7.24. The number of primary sulfonamides is 1. The molecule has 0 atom stereocenters. The molecule has 8 nitrogen and oxygen atoms in total. The number of likely N-dealkylation sites (tertiary alicyclic amines) is 1. The van der Waals surface area contributed by atoms with Crippen LogP contribution >= 0.6 is 0 Å². The average Bonchev–Trinajstić information content (AvgIpc) is 2.52. The Bertz CT molecular complexity index is 669. The monoisotopic (exact) mass is 343 g/mol. The molecule has 0 aliphatic carbocycles. The number of nitrogens with two attached hydrogens (primary N) is 1. The Balaban J connectivity index is 2.06. The Morgan fingerprint density at radius 2 is 2.04 bits per heavy atom. The first-order chi connectivity index (χ1) is 10.8. The van der Waals surface area contributed by atoms with Gasteiger partial charge >= 0.3 is 5.69 Å². The maximum Gasteiger partial charge on any atom is 0.312 e. The second-order valence-corrected chi connectivity index (χ2v) is 7.18. The first kappa shape index (κ1) is 17.6. The number of piperidine rings is 1. The van der Waals surface area contributed by atoms with Crippen LogP contribution in [0.5, 0.6) is 5.75 Å². The normalized spacial score (nSPS) is 17.1. The molecular formula is C14H21N3O5S. The predicted molar refractivity (Wildman–Crippen MR) is 84.8 cm³/mol. The Labute approximate surface area is 135 Å². The minimum absolute atomic E-state index is 0.0697. The van der Waals surface area contributed by atoms with Crippen LogP contribution in [0.1, 0.15) is 19.8 Å². The van der Waals surface area contributed by atoms with E-state index in [0.717, 1.165) is 38.5 Å². The van der Waals surface area contributed by atoms with E-state index in [9.17, 15) is 18.5 Å². The van der Waals surface area contributed by atoms with Crippen molar-refractivity contribution in [1.82, 2.24) is 4.90 Å². The van der Waals surface area contributed by atoms with E-state index in [0.29, 0.717) is 12.5 Å². The summed E-state index contributed by atoms with van der Waals surface area (Å²) in [6, 6.07) is 3.45. The molecule has 9 heteroatoms. The smallest absolute Gasteiger partial charge is 0.312 e. The first-order valence-corrected chi connectivity index (χ1v) is 9.02. The largest absolute Gasteiger partial charge is 0.487 e. The lowest BCUT2D eigenvalue weighted by atomic mass is 9.98. The predicted octanol–water partition coefficient (Wildman–Crippen LogP) is 1.35. The fourth-order valence-corrected chi connectivity index (χ4v) is 3.15. The number of hydrogen-bond donors (Lipinski definition) is 1. The highest BCUT2D eigenvalue weighted by Crippen LogP contribution is 2.30. The van der Waals surface area contributed by atoms with Crippen molar-refractivity contribution in [2.45, 2.75) is 24.7 Å². The van der Waals surface area contributed by atoms with E-state index in [1.54, 1.807) is 0 Å². The fourth-order valence-electron chi connectivity index (χ4n) is 2.62. The van der Waals surface area contributed by atoms with Gasteiger partial charge in [-0.2, -0.15) is 0 Å². The van der Waals surface area contributed by atoms with Crippen LogP contribution in [0.4, 0.5) is 5.69 Å². The lowest BCUT2D eigenvalue weighted by molar-refractivity contribution is -0.386.